The first-order valence-corrected chi connectivity index (χ1v) is 15.4. The molecule has 37 heavy (non-hydrogen) atoms. The van der Waals surface area contributed by atoms with E-state index in [1.807, 2.05) is 6.07 Å². The van der Waals surface area contributed by atoms with Crippen molar-refractivity contribution in [3.8, 4) is 0 Å². The summed E-state index contributed by atoms with van der Waals surface area (Å²) in [5.41, 5.74) is 9.44. The van der Waals surface area contributed by atoms with Gasteiger partial charge in [0.25, 0.3) is 0 Å². The van der Waals surface area contributed by atoms with Crippen molar-refractivity contribution in [1.82, 2.24) is 0 Å². The van der Waals surface area contributed by atoms with Crippen LogP contribution in [0.5, 0.6) is 0 Å². The molecule has 0 aliphatic heterocycles. The summed E-state index contributed by atoms with van der Waals surface area (Å²) in [6, 6.07) is 7.15. The van der Waals surface area contributed by atoms with Crippen molar-refractivity contribution in [3.63, 3.8) is 0 Å². The number of hydrogen-bond acceptors (Lipinski definition) is 3. The van der Waals surface area contributed by atoms with Gasteiger partial charge in [-0.3, -0.25) is 0 Å². The zero-order chi connectivity index (χ0) is 26.4. The highest BCUT2D eigenvalue weighted by Crippen LogP contribution is 2.67. The van der Waals surface area contributed by atoms with E-state index in [1.165, 1.54) is 51.4 Å². The summed E-state index contributed by atoms with van der Waals surface area (Å²) in [6.45, 7) is 12.5. The number of benzene rings is 1. The fourth-order valence-electron chi connectivity index (χ4n) is 9.64. The normalized spacial score (nSPS) is 37.8. The number of fused-ring (bicyclic) bond motifs is 5. The van der Waals surface area contributed by atoms with Crippen molar-refractivity contribution in [2.75, 3.05) is 5.73 Å². The summed E-state index contributed by atoms with van der Waals surface area (Å²) in [5, 5.41) is 0. The van der Waals surface area contributed by atoms with E-state index in [-0.39, 0.29) is 17.5 Å². The minimum Gasteiger partial charge on any atom is -0.458 e. The van der Waals surface area contributed by atoms with Crippen molar-refractivity contribution in [2.24, 2.45) is 46.3 Å². The molecule has 0 spiro atoms. The molecule has 5 rings (SSSR count). The first kappa shape index (κ1) is 26.8. The van der Waals surface area contributed by atoms with Crippen LogP contribution in [0, 0.1) is 46.3 Å². The summed E-state index contributed by atoms with van der Waals surface area (Å²) in [6.07, 6.45) is 16.7. The van der Waals surface area contributed by atoms with Gasteiger partial charge in [0.2, 0.25) is 0 Å². The van der Waals surface area contributed by atoms with Gasteiger partial charge >= 0.3 is 5.97 Å². The van der Waals surface area contributed by atoms with Crippen LogP contribution in [0.2, 0.25) is 0 Å². The third kappa shape index (κ3) is 5.01. The van der Waals surface area contributed by atoms with E-state index >= 15 is 0 Å². The minimum absolute atomic E-state index is 0.0128. The van der Waals surface area contributed by atoms with Crippen molar-refractivity contribution < 1.29 is 9.53 Å². The average Bonchev–Trinajstić information content (AvgIpc) is 3.21. The summed E-state index contributed by atoms with van der Waals surface area (Å²) >= 11 is 0. The number of nitrogens with two attached hydrogens (primary N) is 1. The van der Waals surface area contributed by atoms with E-state index in [1.54, 1.807) is 23.8 Å². The standard InChI is InChI=1S/C34H51NO2/c1-22(2)8-6-9-23(3)29-14-15-30-28-13-12-25-21-27(37-32(36)24-10-7-11-26(35)20-24)16-18-33(25,4)31(28)17-19-34(29,30)5/h7,10-12,20,22-23,27-31H,6,8-9,13-19,21,35H2,1-5H3/t23-,27+,28+,29-,30+,31+,33+,34-/m1/s1. The summed E-state index contributed by atoms with van der Waals surface area (Å²) in [7, 11) is 0. The van der Waals surface area contributed by atoms with Gasteiger partial charge in [-0.25, -0.2) is 4.79 Å². The largest absolute Gasteiger partial charge is 0.458 e. The minimum atomic E-state index is -0.233. The molecule has 0 bridgehead atoms. The van der Waals surface area contributed by atoms with Gasteiger partial charge in [0, 0.05) is 12.1 Å². The Kier molecular flexibility index (Phi) is 7.55. The van der Waals surface area contributed by atoms with Crippen molar-refractivity contribution >= 4 is 11.7 Å². The number of hydrogen-bond donors (Lipinski definition) is 1. The third-order valence-electron chi connectivity index (χ3n) is 11.7. The summed E-state index contributed by atoms with van der Waals surface area (Å²) in [5.74, 6) is 4.89. The van der Waals surface area contributed by atoms with Gasteiger partial charge in [-0.1, -0.05) is 71.6 Å². The maximum absolute atomic E-state index is 12.8. The van der Waals surface area contributed by atoms with Crippen molar-refractivity contribution in [2.45, 2.75) is 111 Å². The zero-order valence-corrected chi connectivity index (χ0v) is 24.1. The van der Waals surface area contributed by atoms with Crippen LogP contribution in [-0.4, -0.2) is 12.1 Å². The van der Waals surface area contributed by atoms with Crippen molar-refractivity contribution in [3.05, 3.63) is 41.5 Å². The molecule has 1 aromatic rings. The predicted octanol–water partition coefficient (Wildman–Crippen LogP) is 8.84. The fraction of sp³-hybridized carbons (Fsp3) is 0.735. The van der Waals surface area contributed by atoms with E-state index in [4.69, 9.17) is 10.5 Å². The number of carbonyl (C=O) groups is 1. The Morgan fingerprint density at radius 1 is 1.05 bits per heavy atom. The van der Waals surface area contributed by atoms with Gasteiger partial charge in [-0.2, -0.15) is 0 Å². The summed E-state index contributed by atoms with van der Waals surface area (Å²) in [4.78, 5) is 12.8. The highest BCUT2D eigenvalue weighted by molar-refractivity contribution is 5.90. The molecule has 4 aliphatic carbocycles. The Bertz CT molecular complexity index is 1010. The SMILES string of the molecule is CC(C)CCC[C@@H](C)[C@H]1CC[C@H]2[C@@H]3CC=C4C[C@@H](OC(=O)c5cccc(N)c5)CC[C@]4(C)[C@H]3CC[C@]12C. The van der Waals surface area contributed by atoms with Crippen molar-refractivity contribution in [1.29, 1.82) is 0 Å². The fourth-order valence-corrected chi connectivity index (χ4v) is 9.64. The molecule has 8 atom stereocenters. The van der Waals surface area contributed by atoms with Crippen LogP contribution in [0.3, 0.4) is 0 Å². The highest BCUT2D eigenvalue weighted by atomic mass is 16.5. The molecule has 2 N–H and O–H groups in total. The molecule has 0 saturated heterocycles. The van der Waals surface area contributed by atoms with Gasteiger partial charge in [0.1, 0.15) is 6.10 Å². The molecule has 3 fully saturated rings. The number of carbonyl (C=O) groups excluding carboxylic acids is 1. The molecule has 0 aromatic heterocycles. The molecule has 0 unspecified atom stereocenters. The molecule has 0 radical (unpaired) electrons. The first-order chi connectivity index (χ1) is 17.6. The van der Waals surface area contributed by atoms with E-state index in [9.17, 15) is 4.79 Å². The molecule has 4 aliphatic rings. The Morgan fingerprint density at radius 3 is 2.62 bits per heavy atom. The Balaban J connectivity index is 1.25. The Hall–Kier alpha value is -1.77. The maximum atomic E-state index is 12.8. The van der Waals surface area contributed by atoms with Gasteiger partial charge in [-0.15, -0.1) is 0 Å². The molecule has 0 amide bonds. The number of nitrogen functional groups attached to an aromatic ring is 1. The maximum Gasteiger partial charge on any atom is 0.338 e. The summed E-state index contributed by atoms with van der Waals surface area (Å²) < 4.78 is 6.00. The quantitative estimate of drug-likeness (QED) is 0.229. The number of anilines is 1. The van der Waals surface area contributed by atoms with Gasteiger partial charge in [-0.05, 0) is 109 Å². The molecule has 0 heterocycles. The van der Waals surface area contributed by atoms with Gasteiger partial charge in [0.05, 0.1) is 5.56 Å². The first-order valence-electron chi connectivity index (χ1n) is 15.4. The zero-order valence-electron chi connectivity index (χ0n) is 24.1. The Labute approximate surface area is 226 Å². The van der Waals surface area contributed by atoms with Crippen LogP contribution in [0.4, 0.5) is 5.69 Å². The molecular formula is C34H51NO2. The van der Waals surface area contributed by atoms with Gasteiger partial charge in [0.15, 0.2) is 0 Å². The lowest BCUT2D eigenvalue weighted by Crippen LogP contribution is -2.51. The van der Waals surface area contributed by atoms with E-state index in [2.05, 4.69) is 40.7 Å². The van der Waals surface area contributed by atoms with Crippen LogP contribution < -0.4 is 5.73 Å². The molecular weight excluding hydrogens is 454 g/mol. The average molecular weight is 506 g/mol. The van der Waals surface area contributed by atoms with Crippen LogP contribution in [0.15, 0.2) is 35.9 Å². The number of ether oxygens (including phenoxy) is 1. The molecule has 204 valence electrons. The van der Waals surface area contributed by atoms with E-state index in [0.717, 1.165) is 54.8 Å². The van der Waals surface area contributed by atoms with E-state index < -0.39 is 0 Å². The van der Waals surface area contributed by atoms with Gasteiger partial charge < -0.3 is 10.5 Å². The lowest BCUT2D eigenvalue weighted by atomic mass is 9.47. The predicted molar refractivity (Wildman–Crippen MR) is 153 cm³/mol. The highest BCUT2D eigenvalue weighted by Gasteiger charge is 2.59. The Morgan fingerprint density at radius 2 is 1.86 bits per heavy atom. The van der Waals surface area contributed by atoms with Crippen LogP contribution >= 0.6 is 0 Å². The molecule has 3 nitrogen and oxygen atoms in total. The van der Waals surface area contributed by atoms with Crippen LogP contribution in [0.1, 0.15) is 116 Å². The number of esters is 1. The smallest absolute Gasteiger partial charge is 0.338 e. The molecule has 3 saturated carbocycles. The lowest BCUT2D eigenvalue weighted by Gasteiger charge is -2.58. The second kappa shape index (κ2) is 10.4. The third-order valence-corrected chi connectivity index (χ3v) is 11.7. The van der Waals surface area contributed by atoms with E-state index in [0.29, 0.717) is 16.7 Å². The van der Waals surface area contributed by atoms with Crippen LogP contribution in [0.25, 0.3) is 0 Å². The van der Waals surface area contributed by atoms with Crippen LogP contribution in [-0.2, 0) is 4.74 Å². The molecule has 3 heteroatoms. The lowest BCUT2D eigenvalue weighted by molar-refractivity contribution is -0.0594. The second-order valence-electron chi connectivity index (χ2n) is 14.2. The molecule has 1 aromatic carbocycles. The topological polar surface area (TPSA) is 52.3 Å². The number of rotatable bonds is 7. The second-order valence-corrected chi connectivity index (χ2v) is 14.2. The monoisotopic (exact) mass is 505 g/mol. The number of allylic oxidation sites excluding steroid dienone is 1.